The second-order valence-electron chi connectivity index (χ2n) is 10.2. The summed E-state index contributed by atoms with van der Waals surface area (Å²) in [5, 5.41) is 0. The molecule has 0 heterocycles. The van der Waals surface area contributed by atoms with Crippen LogP contribution in [0.1, 0.15) is 125 Å². The molecule has 3 atom stereocenters. The van der Waals surface area contributed by atoms with Crippen molar-refractivity contribution in [2.75, 3.05) is 26.4 Å². The second-order valence-corrected chi connectivity index (χ2v) is 10.2. The summed E-state index contributed by atoms with van der Waals surface area (Å²) in [6, 6.07) is 0. The summed E-state index contributed by atoms with van der Waals surface area (Å²) >= 11 is 0. The Morgan fingerprint density at radius 1 is 0.448 bits per heavy atom. The van der Waals surface area contributed by atoms with Crippen LogP contribution in [0.25, 0.3) is 0 Å². The molecule has 0 saturated carbocycles. The van der Waals surface area contributed by atoms with Gasteiger partial charge in [0, 0.05) is 26.4 Å². The minimum atomic E-state index is 0.813. The first-order valence-electron chi connectivity index (χ1n) is 13.1. The summed E-state index contributed by atoms with van der Waals surface area (Å²) in [5.74, 6) is 3.37. The molecule has 29 heavy (non-hydrogen) atoms. The van der Waals surface area contributed by atoms with Crippen LogP contribution >= 0.6 is 0 Å². The van der Waals surface area contributed by atoms with Crippen LogP contribution in [0, 0.1) is 23.7 Å². The summed E-state index contributed by atoms with van der Waals surface area (Å²) in [5.41, 5.74) is 0. The first-order valence-corrected chi connectivity index (χ1v) is 13.1. The van der Waals surface area contributed by atoms with Crippen LogP contribution in [0.2, 0.25) is 0 Å². The third-order valence-electron chi connectivity index (χ3n) is 6.41. The Kier molecular flexibility index (Phi) is 21.1. The highest BCUT2D eigenvalue weighted by atomic mass is 16.5. The van der Waals surface area contributed by atoms with Crippen LogP contribution in [-0.4, -0.2) is 26.4 Å². The molecule has 0 aromatic heterocycles. The van der Waals surface area contributed by atoms with E-state index in [2.05, 4.69) is 41.5 Å². The van der Waals surface area contributed by atoms with Crippen molar-refractivity contribution in [3.05, 3.63) is 0 Å². The van der Waals surface area contributed by atoms with Gasteiger partial charge in [0.05, 0.1) is 0 Å². The van der Waals surface area contributed by atoms with Gasteiger partial charge in [0.1, 0.15) is 0 Å². The first kappa shape index (κ1) is 28.9. The highest BCUT2D eigenvalue weighted by Crippen LogP contribution is 2.17. The normalized spacial score (nSPS) is 15.0. The molecule has 0 aromatic carbocycles. The molecule has 0 bridgehead atoms. The van der Waals surface area contributed by atoms with E-state index < -0.39 is 0 Å². The van der Waals surface area contributed by atoms with Gasteiger partial charge in [-0.05, 0) is 49.4 Å². The lowest BCUT2D eigenvalue weighted by atomic mass is 9.96. The van der Waals surface area contributed by atoms with Crippen LogP contribution < -0.4 is 0 Å². The topological polar surface area (TPSA) is 18.5 Å². The fourth-order valence-electron chi connectivity index (χ4n) is 3.72. The molecule has 0 saturated heterocycles. The highest BCUT2D eigenvalue weighted by Gasteiger charge is 2.05. The van der Waals surface area contributed by atoms with Gasteiger partial charge in [-0.3, -0.25) is 0 Å². The molecule has 0 rings (SSSR count). The predicted molar refractivity (Wildman–Crippen MR) is 130 cm³/mol. The highest BCUT2D eigenvalue weighted by molar-refractivity contribution is 4.57. The maximum Gasteiger partial charge on any atom is 0.0468 e. The van der Waals surface area contributed by atoms with Gasteiger partial charge in [-0.2, -0.15) is 0 Å². The summed E-state index contributed by atoms with van der Waals surface area (Å²) < 4.78 is 11.7. The van der Waals surface area contributed by atoms with E-state index >= 15 is 0 Å². The Balaban J connectivity index is 3.23. The molecule has 0 amide bonds. The van der Waals surface area contributed by atoms with Crippen LogP contribution in [0.3, 0.4) is 0 Å². The van der Waals surface area contributed by atoms with Gasteiger partial charge in [0.25, 0.3) is 0 Å². The predicted octanol–water partition coefficient (Wildman–Crippen LogP) is 8.68. The second kappa shape index (κ2) is 21.2. The zero-order valence-electron chi connectivity index (χ0n) is 21.1. The van der Waals surface area contributed by atoms with Crippen LogP contribution in [-0.2, 0) is 9.47 Å². The fourth-order valence-corrected chi connectivity index (χ4v) is 3.72. The number of unbranched alkanes of at least 4 members (excludes halogenated alkanes) is 3. The van der Waals surface area contributed by atoms with E-state index in [1.807, 2.05) is 0 Å². The summed E-state index contributed by atoms with van der Waals surface area (Å²) in [6.07, 6.45) is 17.0. The molecular formula is C27H56O2. The fraction of sp³-hybridized carbons (Fsp3) is 1.00. The van der Waals surface area contributed by atoms with Gasteiger partial charge >= 0.3 is 0 Å². The van der Waals surface area contributed by atoms with Crippen LogP contribution in [0.15, 0.2) is 0 Å². The Morgan fingerprint density at radius 2 is 0.897 bits per heavy atom. The van der Waals surface area contributed by atoms with Gasteiger partial charge in [0.2, 0.25) is 0 Å². The van der Waals surface area contributed by atoms with E-state index in [4.69, 9.17) is 9.47 Å². The van der Waals surface area contributed by atoms with Gasteiger partial charge in [0.15, 0.2) is 0 Å². The molecule has 0 aliphatic rings. The van der Waals surface area contributed by atoms with E-state index in [9.17, 15) is 0 Å². The maximum atomic E-state index is 5.84. The molecule has 176 valence electrons. The minimum absolute atomic E-state index is 0.813. The number of rotatable bonds is 22. The average Bonchev–Trinajstić information content (AvgIpc) is 2.68. The van der Waals surface area contributed by atoms with Crippen LogP contribution in [0.4, 0.5) is 0 Å². The van der Waals surface area contributed by atoms with Crippen molar-refractivity contribution in [3.63, 3.8) is 0 Å². The van der Waals surface area contributed by atoms with E-state index in [0.717, 1.165) is 50.1 Å². The molecule has 0 aliphatic carbocycles. The van der Waals surface area contributed by atoms with E-state index in [1.165, 1.54) is 83.5 Å². The maximum absolute atomic E-state index is 5.84. The monoisotopic (exact) mass is 412 g/mol. The number of hydrogen-bond donors (Lipinski definition) is 0. The Labute approximate surface area is 184 Å². The van der Waals surface area contributed by atoms with Crippen molar-refractivity contribution in [1.82, 2.24) is 0 Å². The van der Waals surface area contributed by atoms with Crippen molar-refractivity contribution in [2.24, 2.45) is 23.7 Å². The number of hydrogen-bond acceptors (Lipinski definition) is 2. The largest absolute Gasteiger partial charge is 0.381 e. The van der Waals surface area contributed by atoms with Gasteiger partial charge < -0.3 is 9.47 Å². The van der Waals surface area contributed by atoms with Crippen molar-refractivity contribution in [2.45, 2.75) is 125 Å². The molecule has 0 fully saturated rings. The standard InChI is InChI=1S/C27H56O2/c1-7-25(4)15-13-17-27(6)19-23-29-21-11-9-8-10-20-28-22-18-26(5)16-12-14-24(2)3/h24-27H,7-23H2,1-6H3. The van der Waals surface area contributed by atoms with E-state index in [-0.39, 0.29) is 0 Å². The third kappa shape index (κ3) is 22.4. The van der Waals surface area contributed by atoms with Crippen molar-refractivity contribution in [1.29, 1.82) is 0 Å². The lowest BCUT2D eigenvalue weighted by Crippen LogP contribution is -2.05. The lowest BCUT2D eigenvalue weighted by molar-refractivity contribution is 0.108. The number of ether oxygens (including phenoxy) is 2. The van der Waals surface area contributed by atoms with E-state index in [1.54, 1.807) is 0 Å². The average molecular weight is 413 g/mol. The smallest absolute Gasteiger partial charge is 0.0468 e. The SMILES string of the molecule is CCC(C)CCCC(C)CCOCCCCCCOCCC(C)CCCC(C)C. The molecule has 0 N–H and O–H groups in total. The van der Waals surface area contributed by atoms with E-state index in [0.29, 0.717) is 0 Å². The quantitative estimate of drug-likeness (QED) is 0.166. The zero-order chi connectivity index (χ0) is 21.7. The Bertz CT molecular complexity index is 316. The summed E-state index contributed by atoms with van der Waals surface area (Å²) in [6.45, 7) is 17.8. The van der Waals surface area contributed by atoms with Crippen molar-refractivity contribution in [3.8, 4) is 0 Å². The van der Waals surface area contributed by atoms with Gasteiger partial charge in [-0.15, -0.1) is 0 Å². The summed E-state index contributed by atoms with van der Waals surface area (Å²) in [7, 11) is 0. The van der Waals surface area contributed by atoms with Gasteiger partial charge in [-0.1, -0.05) is 99.3 Å². The Morgan fingerprint density at radius 3 is 1.34 bits per heavy atom. The summed E-state index contributed by atoms with van der Waals surface area (Å²) in [4.78, 5) is 0. The molecule has 0 radical (unpaired) electrons. The zero-order valence-corrected chi connectivity index (χ0v) is 21.1. The molecule has 2 heteroatoms. The molecule has 2 nitrogen and oxygen atoms in total. The van der Waals surface area contributed by atoms with Crippen LogP contribution in [0.5, 0.6) is 0 Å². The third-order valence-corrected chi connectivity index (χ3v) is 6.41. The van der Waals surface area contributed by atoms with Crippen molar-refractivity contribution < 1.29 is 9.47 Å². The molecule has 0 aliphatic heterocycles. The molecule has 0 aromatic rings. The minimum Gasteiger partial charge on any atom is -0.381 e. The van der Waals surface area contributed by atoms with Crippen molar-refractivity contribution >= 4 is 0 Å². The molecular weight excluding hydrogens is 356 g/mol. The van der Waals surface area contributed by atoms with Gasteiger partial charge in [-0.25, -0.2) is 0 Å². The first-order chi connectivity index (χ1) is 14.0. The Hall–Kier alpha value is -0.0800. The lowest BCUT2D eigenvalue weighted by Gasteiger charge is -2.13. The molecule has 0 spiro atoms. The molecule has 3 unspecified atom stereocenters.